The molecule has 0 saturated carbocycles. The summed E-state index contributed by atoms with van der Waals surface area (Å²) in [5, 5.41) is 4.94. The number of hydrogen-bond acceptors (Lipinski definition) is 1. The zero-order chi connectivity index (χ0) is 31.8. The van der Waals surface area contributed by atoms with E-state index in [9.17, 15) is 0 Å². The van der Waals surface area contributed by atoms with Gasteiger partial charge in [0.05, 0.1) is 12.0 Å². The van der Waals surface area contributed by atoms with Gasteiger partial charge in [-0.1, -0.05) is 121 Å². The molecular weight excluding hydrogens is 581 g/mol. The third-order valence-electron chi connectivity index (χ3n) is 10.4. The van der Waals surface area contributed by atoms with Crippen LogP contribution >= 0.6 is 0 Å². The first kappa shape index (κ1) is 26.8. The molecule has 48 heavy (non-hydrogen) atoms. The molecule has 0 aliphatic heterocycles. The van der Waals surface area contributed by atoms with E-state index in [0.29, 0.717) is 5.69 Å². The minimum Gasteiger partial charge on any atom is -0.312 e. The van der Waals surface area contributed by atoms with E-state index in [1.807, 2.05) is 24.3 Å². The van der Waals surface area contributed by atoms with Gasteiger partial charge in [-0.2, -0.15) is 0 Å². The largest absolute Gasteiger partial charge is 0.312 e. The van der Waals surface area contributed by atoms with E-state index in [2.05, 4.69) is 155 Å². The average Bonchev–Trinajstić information content (AvgIpc) is 3.61. The molecule has 0 saturated heterocycles. The molecule has 10 rings (SSSR count). The maximum Gasteiger partial charge on any atom is 0.189 e. The summed E-state index contributed by atoms with van der Waals surface area (Å²) in [6.45, 7) is 7.66. The van der Waals surface area contributed by atoms with E-state index in [0.717, 1.165) is 17.1 Å². The molecule has 2 heteroatoms. The highest BCUT2D eigenvalue weighted by molar-refractivity contribution is 6.09. The topological polar surface area (TPSA) is 7.60 Å². The third-order valence-corrected chi connectivity index (χ3v) is 10.4. The Balaban J connectivity index is 1.28. The lowest BCUT2D eigenvalue weighted by molar-refractivity contribution is 0.795. The van der Waals surface area contributed by atoms with Crippen LogP contribution in [0.4, 0.5) is 22.7 Å². The fourth-order valence-electron chi connectivity index (χ4n) is 8.50. The summed E-state index contributed by atoms with van der Waals surface area (Å²) in [4.78, 5) is 5.98. The number of rotatable bonds is 3. The highest BCUT2D eigenvalue weighted by Crippen LogP contribution is 2.64. The van der Waals surface area contributed by atoms with E-state index in [4.69, 9.17) is 6.57 Å². The molecule has 0 heterocycles. The van der Waals surface area contributed by atoms with Gasteiger partial charge >= 0.3 is 0 Å². The van der Waals surface area contributed by atoms with Gasteiger partial charge in [-0.25, -0.2) is 4.85 Å². The average molecular weight is 609 g/mol. The van der Waals surface area contributed by atoms with Gasteiger partial charge < -0.3 is 4.90 Å². The maximum atomic E-state index is 7.66. The van der Waals surface area contributed by atoms with Crippen LogP contribution in [-0.2, 0) is 5.41 Å². The number of anilines is 3. The molecular formula is C46H28N2. The van der Waals surface area contributed by atoms with E-state index in [1.54, 1.807) is 0 Å². The number of para-hydroxylation sites is 1. The molecule has 2 aliphatic rings. The molecule has 0 atom stereocenters. The Morgan fingerprint density at radius 3 is 1.88 bits per heavy atom. The van der Waals surface area contributed by atoms with Crippen LogP contribution in [0.15, 0.2) is 170 Å². The molecule has 0 N–H and O–H groups in total. The van der Waals surface area contributed by atoms with Crippen LogP contribution in [0.1, 0.15) is 22.3 Å². The number of nitrogens with zero attached hydrogens (tertiary/aromatic N) is 2. The SMILES string of the molecule is [C-]#[N+]c1cccc(N(c2ccccc2)c2ccc3cc4c(cc3c2)C2(c3ccccc3-c3ccccc32)c2ccc3ccccc3c2-4)c1. The zero-order valence-corrected chi connectivity index (χ0v) is 26.1. The van der Waals surface area contributed by atoms with Crippen LogP contribution in [0.3, 0.4) is 0 Å². The first-order valence-electron chi connectivity index (χ1n) is 16.4. The molecule has 0 radical (unpaired) electrons. The van der Waals surface area contributed by atoms with Gasteiger partial charge in [0, 0.05) is 17.1 Å². The molecule has 8 aromatic carbocycles. The third kappa shape index (κ3) is 3.56. The van der Waals surface area contributed by atoms with Crippen LogP contribution in [0.25, 0.3) is 48.6 Å². The zero-order valence-electron chi connectivity index (χ0n) is 26.1. The Morgan fingerprint density at radius 1 is 0.417 bits per heavy atom. The van der Waals surface area contributed by atoms with E-state index in [-0.39, 0.29) is 0 Å². The van der Waals surface area contributed by atoms with Crippen molar-refractivity contribution in [2.24, 2.45) is 0 Å². The molecule has 0 unspecified atom stereocenters. The Bertz CT molecular complexity index is 2600. The van der Waals surface area contributed by atoms with Gasteiger partial charge in [-0.05, 0) is 115 Å². The van der Waals surface area contributed by atoms with Crippen molar-refractivity contribution < 1.29 is 0 Å². The van der Waals surface area contributed by atoms with Crippen molar-refractivity contribution in [3.05, 3.63) is 204 Å². The molecule has 8 aromatic rings. The summed E-state index contributed by atoms with van der Waals surface area (Å²) in [7, 11) is 0. The van der Waals surface area contributed by atoms with Crippen LogP contribution < -0.4 is 4.90 Å². The minimum atomic E-state index is -0.421. The van der Waals surface area contributed by atoms with E-state index < -0.39 is 5.41 Å². The van der Waals surface area contributed by atoms with E-state index in [1.165, 1.54) is 66.1 Å². The molecule has 222 valence electrons. The highest BCUT2D eigenvalue weighted by Gasteiger charge is 2.52. The summed E-state index contributed by atoms with van der Waals surface area (Å²) in [5.41, 5.74) is 13.9. The first-order chi connectivity index (χ1) is 23.8. The van der Waals surface area contributed by atoms with Crippen molar-refractivity contribution in [2.45, 2.75) is 5.41 Å². The fourth-order valence-corrected chi connectivity index (χ4v) is 8.50. The van der Waals surface area contributed by atoms with Crippen molar-refractivity contribution in [2.75, 3.05) is 4.90 Å². The van der Waals surface area contributed by atoms with E-state index >= 15 is 0 Å². The number of hydrogen-bond donors (Lipinski definition) is 0. The molecule has 1 spiro atoms. The molecule has 0 aromatic heterocycles. The molecule has 0 fully saturated rings. The predicted molar refractivity (Wildman–Crippen MR) is 199 cm³/mol. The quantitative estimate of drug-likeness (QED) is 0.181. The van der Waals surface area contributed by atoms with Crippen LogP contribution in [-0.4, -0.2) is 0 Å². The van der Waals surface area contributed by atoms with Crippen molar-refractivity contribution in [1.29, 1.82) is 0 Å². The predicted octanol–water partition coefficient (Wildman–Crippen LogP) is 12.4. The molecule has 0 bridgehead atoms. The van der Waals surface area contributed by atoms with Crippen molar-refractivity contribution >= 4 is 44.3 Å². The fraction of sp³-hybridized carbons (Fsp3) is 0.0217. The summed E-state index contributed by atoms with van der Waals surface area (Å²) < 4.78 is 0. The summed E-state index contributed by atoms with van der Waals surface area (Å²) in [6, 6.07) is 61.4. The minimum absolute atomic E-state index is 0.421. The first-order valence-corrected chi connectivity index (χ1v) is 16.4. The Hall–Kier alpha value is -6.43. The normalized spacial score (nSPS) is 13.1. The maximum absolute atomic E-state index is 7.66. The van der Waals surface area contributed by atoms with Crippen molar-refractivity contribution in [3.63, 3.8) is 0 Å². The van der Waals surface area contributed by atoms with Gasteiger partial charge in [0.2, 0.25) is 0 Å². The standard InChI is InChI=1S/C46H28N2/c1-47-33-13-11-16-35(29-33)48(34-14-3-2-4-15-34)36-24-22-31-27-40-44(28-32(31)26-36)46(43-25-23-30-12-5-6-17-37(30)45(40)43)41-20-9-7-18-38(41)39-19-8-10-21-42(39)46/h2-29H. The molecule has 2 nitrogen and oxygen atoms in total. The van der Waals surface area contributed by atoms with Gasteiger partial charge in [-0.3, -0.25) is 0 Å². The lowest BCUT2D eigenvalue weighted by Gasteiger charge is -2.31. The monoisotopic (exact) mass is 608 g/mol. The second kappa shape index (κ2) is 10.0. The van der Waals surface area contributed by atoms with Crippen LogP contribution in [0, 0.1) is 6.57 Å². The molecule has 0 amide bonds. The molecule has 2 aliphatic carbocycles. The smallest absolute Gasteiger partial charge is 0.189 e. The van der Waals surface area contributed by atoms with Gasteiger partial charge in [-0.15, -0.1) is 0 Å². The summed E-state index contributed by atoms with van der Waals surface area (Å²) in [5.74, 6) is 0. The Kier molecular flexibility index (Phi) is 5.59. The highest BCUT2D eigenvalue weighted by atomic mass is 15.1. The Labute approximate surface area is 279 Å². The van der Waals surface area contributed by atoms with Gasteiger partial charge in [0.1, 0.15) is 0 Å². The number of fused-ring (bicyclic) bond motifs is 13. The van der Waals surface area contributed by atoms with Crippen molar-refractivity contribution in [3.8, 4) is 22.3 Å². The summed E-state index contributed by atoms with van der Waals surface area (Å²) >= 11 is 0. The lowest BCUT2D eigenvalue weighted by atomic mass is 9.70. The Morgan fingerprint density at radius 2 is 1.08 bits per heavy atom. The van der Waals surface area contributed by atoms with Crippen LogP contribution in [0.2, 0.25) is 0 Å². The number of benzene rings is 8. The van der Waals surface area contributed by atoms with Gasteiger partial charge in [0.25, 0.3) is 0 Å². The van der Waals surface area contributed by atoms with Gasteiger partial charge in [0.15, 0.2) is 5.69 Å². The lowest BCUT2D eigenvalue weighted by Crippen LogP contribution is -2.25. The second-order valence-electron chi connectivity index (χ2n) is 12.8. The second-order valence-corrected chi connectivity index (χ2v) is 12.8. The van der Waals surface area contributed by atoms with Crippen LogP contribution in [0.5, 0.6) is 0 Å². The summed E-state index contributed by atoms with van der Waals surface area (Å²) in [6.07, 6.45) is 0. The van der Waals surface area contributed by atoms with Crippen molar-refractivity contribution in [1.82, 2.24) is 0 Å².